The van der Waals surface area contributed by atoms with Gasteiger partial charge in [0.05, 0.1) is 27.5 Å². The number of hydrogen-bond donors (Lipinski definition) is 1. The SMILES string of the molecule is Cn1nc(CC(=O)Nc2ccc(Cl)c(Cl)c2)c2ccccc2c1=O. The van der Waals surface area contributed by atoms with E-state index in [-0.39, 0.29) is 17.9 Å². The smallest absolute Gasteiger partial charge is 0.274 e. The van der Waals surface area contributed by atoms with Crippen molar-refractivity contribution in [1.82, 2.24) is 9.78 Å². The Balaban J connectivity index is 1.89. The highest BCUT2D eigenvalue weighted by atomic mass is 35.5. The molecule has 3 aromatic rings. The van der Waals surface area contributed by atoms with E-state index in [4.69, 9.17) is 23.2 Å². The van der Waals surface area contributed by atoms with Crippen molar-refractivity contribution in [2.45, 2.75) is 6.42 Å². The van der Waals surface area contributed by atoms with E-state index in [9.17, 15) is 9.59 Å². The molecule has 1 heterocycles. The summed E-state index contributed by atoms with van der Waals surface area (Å²) in [4.78, 5) is 24.4. The van der Waals surface area contributed by atoms with Gasteiger partial charge in [-0.15, -0.1) is 0 Å². The molecular weight excluding hydrogens is 349 g/mol. The number of anilines is 1. The maximum atomic E-state index is 12.3. The molecule has 0 atom stereocenters. The summed E-state index contributed by atoms with van der Waals surface area (Å²) in [5.41, 5.74) is 0.882. The van der Waals surface area contributed by atoms with Crippen LogP contribution in [0.3, 0.4) is 0 Å². The van der Waals surface area contributed by atoms with Crippen LogP contribution in [0.4, 0.5) is 5.69 Å². The lowest BCUT2D eigenvalue weighted by molar-refractivity contribution is -0.115. The van der Waals surface area contributed by atoms with Crippen LogP contribution in [-0.4, -0.2) is 15.7 Å². The second kappa shape index (κ2) is 6.63. The third-order valence-electron chi connectivity index (χ3n) is 3.56. The number of amides is 1. The average Bonchev–Trinajstić information content (AvgIpc) is 2.56. The van der Waals surface area contributed by atoms with E-state index in [2.05, 4.69) is 10.4 Å². The van der Waals surface area contributed by atoms with Crippen molar-refractivity contribution in [2.24, 2.45) is 7.05 Å². The molecule has 0 spiro atoms. The lowest BCUT2D eigenvalue weighted by Gasteiger charge is -2.09. The van der Waals surface area contributed by atoms with Gasteiger partial charge in [-0.2, -0.15) is 5.10 Å². The van der Waals surface area contributed by atoms with Gasteiger partial charge in [0.2, 0.25) is 5.91 Å². The topological polar surface area (TPSA) is 64.0 Å². The molecule has 0 aliphatic heterocycles. The van der Waals surface area contributed by atoms with E-state index in [1.54, 1.807) is 43.4 Å². The van der Waals surface area contributed by atoms with Crippen LogP contribution in [-0.2, 0) is 18.3 Å². The van der Waals surface area contributed by atoms with Gasteiger partial charge in [-0.05, 0) is 24.3 Å². The maximum absolute atomic E-state index is 12.3. The fourth-order valence-electron chi connectivity index (χ4n) is 2.44. The van der Waals surface area contributed by atoms with Crippen LogP contribution in [0.15, 0.2) is 47.3 Å². The summed E-state index contributed by atoms with van der Waals surface area (Å²) in [6.45, 7) is 0. The first-order chi connectivity index (χ1) is 11.5. The van der Waals surface area contributed by atoms with Gasteiger partial charge in [0.25, 0.3) is 5.56 Å². The van der Waals surface area contributed by atoms with E-state index in [1.165, 1.54) is 4.68 Å². The van der Waals surface area contributed by atoms with E-state index in [1.807, 2.05) is 6.07 Å². The highest BCUT2D eigenvalue weighted by molar-refractivity contribution is 6.42. The van der Waals surface area contributed by atoms with Crippen LogP contribution in [0.2, 0.25) is 10.0 Å². The Hall–Kier alpha value is -2.37. The molecule has 0 aliphatic carbocycles. The van der Waals surface area contributed by atoms with Gasteiger partial charge >= 0.3 is 0 Å². The number of aromatic nitrogens is 2. The molecule has 5 nitrogen and oxygen atoms in total. The summed E-state index contributed by atoms with van der Waals surface area (Å²) < 4.78 is 1.24. The third kappa shape index (κ3) is 3.27. The average molecular weight is 362 g/mol. The zero-order chi connectivity index (χ0) is 17.3. The zero-order valence-electron chi connectivity index (χ0n) is 12.7. The Morgan fingerprint density at radius 3 is 2.54 bits per heavy atom. The number of nitrogens with zero attached hydrogens (tertiary/aromatic N) is 2. The Bertz CT molecular complexity index is 999. The van der Waals surface area contributed by atoms with E-state index < -0.39 is 0 Å². The lowest BCUT2D eigenvalue weighted by Crippen LogP contribution is -2.24. The second-order valence-electron chi connectivity index (χ2n) is 5.27. The van der Waals surface area contributed by atoms with Crippen LogP contribution in [0.5, 0.6) is 0 Å². The largest absolute Gasteiger partial charge is 0.326 e. The molecule has 0 radical (unpaired) electrons. The quantitative estimate of drug-likeness (QED) is 0.777. The number of carbonyl (C=O) groups is 1. The van der Waals surface area contributed by atoms with E-state index >= 15 is 0 Å². The molecule has 24 heavy (non-hydrogen) atoms. The zero-order valence-corrected chi connectivity index (χ0v) is 14.2. The fraction of sp³-hybridized carbons (Fsp3) is 0.118. The van der Waals surface area contributed by atoms with Crippen LogP contribution in [0.1, 0.15) is 5.69 Å². The van der Waals surface area contributed by atoms with Crippen molar-refractivity contribution in [1.29, 1.82) is 0 Å². The van der Waals surface area contributed by atoms with Gasteiger partial charge in [-0.1, -0.05) is 41.4 Å². The normalized spacial score (nSPS) is 10.8. The Morgan fingerprint density at radius 1 is 1.12 bits per heavy atom. The summed E-state index contributed by atoms with van der Waals surface area (Å²) in [5.74, 6) is -0.260. The molecule has 0 aliphatic rings. The predicted octanol–water partition coefficient (Wildman–Crippen LogP) is 3.42. The van der Waals surface area contributed by atoms with E-state index in [0.29, 0.717) is 32.2 Å². The van der Waals surface area contributed by atoms with Crippen molar-refractivity contribution in [3.63, 3.8) is 0 Å². The first-order valence-electron chi connectivity index (χ1n) is 7.15. The van der Waals surface area contributed by atoms with Crippen molar-refractivity contribution >= 4 is 45.6 Å². The van der Waals surface area contributed by atoms with Gasteiger partial charge in [-0.25, -0.2) is 4.68 Å². The van der Waals surface area contributed by atoms with E-state index in [0.717, 1.165) is 0 Å². The van der Waals surface area contributed by atoms with Gasteiger partial charge in [-0.3, -0.25) is 9.59 Å². The van der Waals surface area contributed by atoms with Crippen molar-refractivity contribution in [3.05, 3.63) is 68.6 Å². The fourth-order valence-corrected chi connectivity index (χ4v) is 2.74. The second-order valence-corrected chi connectivity index (χ2v) is 6.09. The molecule has 7 heteroatoms. The van der Waals surface area contributed by atoms with Gasteiger partial charge in [0, 0.05) is 18.1 Å². The minimum Gasteiger partial charge on any atom is -0.326 e. The number of hydrogen-bond acceptors (Lipinski definition) is 3. The van der Waals surface area contributed by atoms with Crippen molar-refractivity contribution in [2.75, 3.05) is 5.32 Å². The molecule has 0 saturated carbocycles. The minimum absolute atomic E-state index is 0.0366. The van der Waals surface area contributed by atoms with Gasteiger partial charge in [0.1, 0.15) is 0 Å². The number of halogens is 2. The van der Waals surface area contributed by atoms with Crippen LogP contribution < -0.4 is 10.9 Å². The highest BCUT2D eigenvalue weighted by Crippen LogP contribution is 2.25. The molecule has 122 valence electrons. The molecule has 0 bridgehead atoms. The van der Waals surface area contributed by atoms with Crippen LogP contribution in [0.25, 0.3) is 10.8 Å². The van der Waals surface area contributed by atoms with Crippen LogP contribution in [0, 0.1) is 0 Å². The molecule has 0 fully saturated rings. The summed E-state index contributed by atoms with van der Waals surface area (Å²) in [7, 11) is 1.56. The molecule has 0 unspecified atom stereocenters. The molecule has 1 amide bonds. The standard InChI is InChI=1S/C17H13Cl2N3O2/c1-22-17(24)12-5-3-2-4-11(12)15(21-22)9-16(23)20-10-6-7-13(18)14(19)8-10/h2-8H,9H2,1H3,(H,20,23). The summed E-state index contributed by atoms with van der Waals surface area (Å²) in [6.07, 6.45) is 0.0366. The Kier molecular flexibility index (Phi) is 4.55. The number of rotatable bonds is 3. The van der Waals surface area contributed by atoms with Crippen molar-refractivity contribution in [3.8, 4) is 0 Å². The molecular formula is C17H13Cl2N3O2. The summed E-state index contributed by atoms with van der Waals surface area (Å²) in [6, 6.07) is 11.9. The highest BCUT2D eigenvalue weighted by Gasteiger charge is 2.13. The monoisotopic (exact) mass is 361 g/mol. The maximum Gasteiger partial charge on any atom is 0.274 e. The first kappa shape index (κ1) is 16.5. The first-order valence-corrected chi connectivity index (χ1v) is 7.91. The molecule has 1 N–H and O–H groups in total. The number of aryl methyl sites for hydroxylation is 1. The molecule has 0 saturated heterocycles. The van der Waals surface area contributed by atoms with Gasteiger partial charge in [0.15, 0.2) is 0 Å². The minimum atomic E-state index is -0.260. The Morgan fingerprint density at radius 2 is 1.83 bits per heavy atom. The number of nitrogens with one attached hydrogen (secondary N) is 1. The molecule has 1 aromatic heterocycles. The van der Waals surface area contributed by atoms with Crippen LogP contribution >= 0.6 is 23.2 Å². The van der Waals surface area contributed by atoms with Crippen molar-refractivity contribution < 1.29 is 4.79 Å². The van der Waals surface area contributed by atoms with Gasteiger partial charge < -0.3 is 5.32 Å². The number of fused-ring (bicyclic) bond motifs is 1. The Labute approximate surface area is 147 Å². The number of benzene rings is 2. The predicted molar refractivity (Wildman–Crippen MR) is 95.8 cm³/mol. The summed E-state index contributed by atoms with van der Waals surface area (Å²) in [5, 5.41) is 8.94. The summed E-state index contributed by atoms with van der Waals surface area (Å²) >= 11 is 11.8. The number of carbonyl (C=O) groups excluding carboxylic acids is 1. The third-order valence-corrected chi connectivity index (χ3v) is 4.30. The lowest BCUT2D eigenvalue weighted by atomic mass is 10.1. The molecule has 2 aromatic carbocycles. The molecule has 3 rings (SSSR count).